The highest BCUT2D eigenvalue weighted by molar-refractivity contribution is 8.04. The van der Waals surface area contributed by atoms with Gasteiger partial charge in [0.2, 0.25) is 15.9 Å². The van der Waals surface area contributed by atoms with Gasteiger partial charge in [-0.05, 0) is 44.0 Å². The minimum Gasteiger partial charge on any atom is -0.462 e. The van der Waals surface area contributed by atoms with Gasteiger partial charge in [0.15, 0.2) is 0 Å². The van der Waals surface area contributed by atoms with E-state index in [1.165, 1.54) is 4.31 Å². The number of nitrogens with one attached hydrogen (secondary N) is 1. The van der Waals surface area contributed by atoms with Gasteiger partial charge in [-0.25, -0.2) is 13.2 Å². The van der Waals surface area contributed by atoms with Gasteiger partial charge >= 0.3 is 5.97 Å². The number of piperidine rings is 1. The van der Waals surface area contributed by atoms with Crippen LogP contribution >= 0.6 is 23.1 Å². The first-order chi connectivity index (χ1) is 12.7. The zero-order chi connectivity index (χ0) is 20.2. The molecular weight excluding hydrogens is 410 g/mol. The molecule has 1 unspecified atom stereocenters. The molecule has 1 atom stereocenters. The van der Waals surface area contributed by atoms with Crippen molar-refractivity contribution in [1.29, 1.82) is 5.26 Å². The van der Waals surface area contributed by atoms with Crippen LogP contribution in [0, 0.1) is 17.6 Å². The highest BCUT2D eigenvalue weighted by Gasteiger charge is 2.35. The first-order valence-electron chi connectivity index (χ1n) is 8.34. The summed E-state index contributed by atoms with van der Waals surface area (Å²) >= 11 is 1.87. The molecule has 27 heavy (non-hydrogen) atoms. The Morgan fingerprint density at radius 3 is 2.74 bits per heavy atom. The van der Waals surface area contributed by atoms with Gasteiger partial charge < -0.3 is 10.1 Å². The smallest absolute Gasteiger partial charge is 0.348 e. The number of hydrogen-bond acceptors (Lipinski definition) is 8. The molecule has 1 amide bonds. The third-order valence-electron chi connectivity index (χ3n) is 4.12. The highest BCUT2D eigenvalue weighted by atomic mass is 32.2. The predicted molar refractivity (Wildman–Crippen MR) is 104 cm³/mol. The SMILES string of the molecule is CCOC(=O)c1sc(NC(=O)C2CCCCN2S(C)(=O)=O)c(SC#N)c1C. The molecule has 0 radical (unpaired) electrons. The van der Waals surface area contributed by atoms with Gasteiger partial charge in [-0.3, -0.25) is 4.79 Å². The minimum absolute atomic E-state index is 0.212. The lowest BCUT2D eigenvalue weighted by molar-refractivity contribution is -0.120. The summed E-state index contributed by atoms with van der Waals surface area (Å²) in [5.41, 5.74) is 0.559. The standard InChI is InChI=1S/C16H21N3O5S3/c1-4-24-16(21)13-10(2)12(25-9-17)15(26-13)18-14(20)11-7-5-6-8-19(11)27(3,22)23/h11H,4-8H2,1-3H3,(H,18,20). The monoisotopic (exact) mass is 431 g/mol. The second kappa shape index (κ2) is 9.05. The van der Waals surface area contributed by atoms with Gasteiger partial charge in [0.1, 0.15) is 21.3 Å². The summed E-state index contributed by atoms with van der Waals surface area (Å²) < 4.78 is 30.2. The van der Waals surface area contributed by atoms with Crippen LogP contribution in [0.1, 0.15) is 41.4 Å². The lowest BCUT2D eigenvalue weighted by Gasteiger charge is -2.32. The molecule has 2 heterocycles. The van der Waals surface area contributed by atoms with E-state index in [2.05, 4.69) is 5.32 Å². The van der Waals surface area contributed by atoms with E-state index in [1.54, 1.807) is 13.8 Å². The molecule has 1 aromatic rings. The molecule has 0 aliphatic carbocycles. The number of esters is 1. The van der Waals surface area contributed by atoms with Crippen LogP contribution in [-0.4, -0.2) is 50.0 Å². The van der Waals surface area contributed by atoms with Gasteiger partial charge in [-0.1, -0.05) is 6.42 Å². The summed E-state index contributed by atoms with van der Waals surface area (Å²) in [6.45, 7) is 3.89. The normalized spacial score (nSPS) is 17.9. The topological polar surface area (TPSA) is 117 Å². The molecular formula is C16H21N3O5S3. The molecule has 2 rings (SSSR count). The van der Waals surface area contributed by atoms with E-state index in [1.807, 2.05) is 5.40 Å². The fraction of sp³-hybridized carbons (Fsp3) is 0.562. The second-order valence-electron chi connectivity index (χ2n) is 6.00. The number of nitriles is 1. The lowest BCUT2D eigenvalue weighted by Crippen LogP contribution is -2.49. The summed E-state index contributed by atoms with van der Waals surface area (Å²) in [6, 6.07) is -0.804. The second-order valence-corrected chi connectivity index (χ2v) is 9.75. The molecule has 1 aromatic heterocycles. The maximum Gasteiger partial charge on any atom is 0.348 e. The molecule has 8 nitrogen and oxygen atoms in total. The Hall–Kier alpha value is -1.61. The maximum absolute atomic E-state index is 12.8. The third-order valence-corrected chi connectivity index (χ3v) is 7.53. The number of hydrogen-bond donors (Lipinski definition) is 1. The Labute approximate surface area is 166 Å². The van der Waals surface area contributed by atoms with Gasteiger partial charge in [-0.15, -0.1) is 11.3 Å². The van der Waals surface area contributed by atoms with E-state index in [0.717, 1.165) is 35.8 Å². The lowest BCUT2D eigenvalue weighted by atomic mass is 10.0. The fourth-order valence-corrected chi connectivity index (χ4v) is 5.83. The van der Waals surface area contributed by atoms with Crippen molar-refractivity contribution < 1.29 is 22.7 Å². The van der Waals surface area contributed by atoms with Crippen LogP contribution in [0.15, 0.2) is 4.90 Å². The summed E-state index contributed by atoms with van der Waals surface area (Å²) in [5, 5.41) is 14.1. The van der Waals surface area contributed by atoms with Crippen LogP contribution in [0.4, 0.5) is 5.00 Å². The minimum atomic E-state index is -3.51. The van der Waals surface area contributed by atoms with Crippen molar-refractivity contribution in [2.45, 2.75) is 44.0 Å². The molecule has 1 saturated heterocycles. The predicted octanol–water partition coefficient (Wildman–Crippen LogP) is 2.56. The van der Waals surface area contributed by atoms with E-state index in [-0.39, 0.29) is 6.61 Å². The number of amides is 1. The quantitative estimate of drug-likeness (QED) is 0.418. The van der Waals surface area contributed by atoms with Gasteiger partial charge in [0.05, 0.1) is 17.8 Å². The summed E-state index contributed by atoms with van der Waals surface area (Å²) in [5.74, 6) is -0.979. The van der Waals surface area contributed by atoms with Crippen molar-refractivity contribution in [3.8, 4) is 5.40 Å². The number of nitrogens with zero attached hydrogens (tertiary/aromatic N) is 2. The summed E-state index contributed by atoms with van der Waals surface area (Å²) in [7, 11) is -3.51. The zero-order valence-electron chi connectivity index (χ0n) is 15.3. The van der Waals surface area contributed by atoms with E-state index >= 15 is 0 Å². The van der Waals surface area contributed by atoms with Crippen LogP contribution in [0.25, 0.3) is 0 Å². The molecule has 0 saturated carbocycles. The van der Waals surface area contributed by atoms with Crippen molar-refractivity contribution in [2.24, 2.45) is 0 Å². The fourth-order valence-electron chi connectivity index (χ4n) is 2.90. The van der Waals surface area contributed by atoms with Crippen molar-refractivity contribution in [2.75, 3.05) is 24.7 Å². The molecule has 1 fully saturated rings. The number of ether oxygens (including phenoxy) is 1. The van der Waals surface area contributed by atoms with Crippen LogP contribution in [0.2, 0.25) is 0 Å². The Kier molecular flexibility index (Phi) is 7.27. The highest BCUT2D eigenvalue weighted by Crippen LogP contribution is 2.40. The number of sulfonamides is 1. The molecule has 0 bridgehead atoms. The van der Waals surface area contributed by atoms with Crippen molar-refractivity contribution >= 4 is 50.0 Å². The van der Waals surface area contributed by atoms with Crippen molar-refractivity contribution in [1.82, 2.24) is 4.31 Å². The Morgan fingerprint density at radius 2 is 2.15 bits per heavy atom. The Bertz CT molecular complexity index is 873. The van der Waals surface area contributed by atoms with Gasteiger partial charge in [0.25, 0.3) is 0 Å². The zero-order valence-corrected chi connectivity index (χ0v) is 17.7. The molecule has 0 aromatic carbocycles. The third kappa shape index (κ3) is 5.01. The van der Waals surface area contributed by atoms with Gasteiger partial charge in [0, 0.05) is 6.54 Å². The van der Waals surface area contributed by atoms with E-state index in [9.17, 15) is 18.0 Å². The van der Waals surface area contributed by atoms with E-state index in [0.29, 0.717) is 39.7 Å². The van der Waals surface area contributed by atoms with Crippen LogP contribution < -0.4 is 5.32 Å². The molecule has 1 aliphatic rings. The first kappa shape index (κ1) is 21.7. The summed E-state index contributed by atoms with van der Waals surface area (Å²) in [6.07, 6.45) is 2.97. The molecule has 148 valence electrons. The molecule has 11 heteroatoms. The maximum atomic E-state index is 12.8. The number of carbonyl (C=O) groups excluding carboxylic acids is 2. The average Bonchev–Trinajstić information content (AvgIpc) is 2.91. The molecule has 1 aliphatic heterocycles. The number of carbonyl (C=O) groups is 2. The molecule has 0 spiro atoms. The molecule has 1 N–H and O–H groups in total. The summed E-state index contributed by atoms with van der Waals surface area (Å²) in [4.78, 5) is 25.7. The number of rotatable bonds is 6. The van der Waals surface area contributed by atoms with Gasteiger partial charge in [-0.2, -0.15) is 9.57 Å². The van der Waals surface area contributed by atoms with Crippen LogP contribution in [0.3, 0.4) is 0 Å². The van der Waals surface area contributed by atoms with E-state index < -0.39 is 27.9 Å². The first-order valence-corrected chi connectivity index (χ1v) is 11.8. The number of thiocyanates is 1. The Balaban J connectivity index is 2.32. The Morgan fingerprint density at radius 1 is 1.44 bits per heavy atom. The van der Waals surface area contributed by atoms with Crippen molar-refractivity contribution in [3.63, 3.8) is 0 Å². The average molecular weight is 432 g/mol. The van der Waals surface area contributed by atoms with Crippen LogP contribution in [0.5, 0.6) is 0 Å². The van der Waals surface area contributed by atoms with Crippen molar-refractivity contribution in [3.05, 3.63) is 10.4 Å². The van der Waals surface area contributed by atoms with Crippen LogP contribution in [-0.2, 0) is 19.6 Å². The van der Waals surface area contributed by atoms with E-state index in [4.69, 9.17) is 10.00 Å². The number of anilines is 1. The number of thiophene rings is 1. The largest absolute Gasteiger partial charge is 0.462 e. The number of thioether (sulfide) groups is 1.